The van der Waals surface area contributed by atoms with Crippen molar-refractivity contribution < 1.29 is 54.1 Å². The second kappa shape index (κ2) is 11.1. The summed E-state index contributed by atoms with van der Waals surface area (Å²) in [7, 11) is 1.32. The molecule has 3 aliphatic rings. The number of ether oxygens (including phenoxy) is 3. The van der Waals surface area contributed by atoms with Gasteiger partial charge in [0, 0.05) is 42.0 Å². The SMILES string of the molecule is COc1cccc2c1C(=O)c1c(O)c3c(c(O)c1C2=O)C[C@@](O)(C(=O)CO)C[C@@H]3O[C@H]1C[C@H](N)[C@@H](O)[C@H](C)O1.[PbH2]. The van der Waals surface area contributed by atoms with E-state index in [1.807, 2.05) is 0 Å². The number of aliphatic hydroxyl groups excluding tert-OH is 2. The van der Waals surface area contributed by atoms with Crippen molar-refractivity contribution in [2.75, 3.05) is 13.7 Å². The first-order valence-electron chi connectivity index (χ1n) is 12.4. The molecule has 1 aliphatic heterocycles. The number of ketones is 3. The summed E-state index contributed by atoms with van der Waals surface area (Å²) in [5.41, 5.74) is 2.37. The summed E-state index contributed by atoms with van der Waals surface area (Å²) < 4.78 is 17.0. The Hall–Kier alpha value is -2.47. The molecule has 1 saturated heterocycles. The number of carbonyl (C=O) groups excluding carboxylic acids is 3. The Bertz CT molecular complexity index is 1380. The number of nitrogens with two attached hydrogens (primary N) is 1. The summed E-state index contributed by atoms with van der Waals surface area (Å²) in [5, 5.41) is 53.7. The number of carbonyl (C=O) groups is 3. The van der Waals surface area contributed by atoms with Gasteiger partial charge in [0.15, 0.2) is 17.9 Å². The van der Waals surface area contributed by atoms with E-state index in [1.54, 1.807) is 6.92 Å². The van der Waals surface area contributed by atoms with Crippen LogP contribution >= 0.6 is 0 Å². The van der Waals surface area contributed by atoms with Gasteiger partial charge in [0.2, 0.25) is 5.78 Å². The average molecular weight is 753 g/mol. The molecule has 12 nitrogen and oxygen atoms in total. The number of fused-ring (bicyclic) bond motifs is 3. The van der Waals surface area contributed by atoms with Gasteiger partial charge < -0.3 is 45.5 Å². The van der Waals surface area contributed by atoms with Gasteiger partial charge in [0.25, 0.3) is 0 Å². The molecule has 0 bridgehead atoms. The molecule has 2 radical (unpaired) electrons. The maximum atomic E-state index is 13.6. The molecule has 2 aliphatic carbocycles. The summed E-state index contributed by atoms with van der Waals surface area (Å²) in [4.78, 5) is 39.7. The fraction of sp³-hybridized carbons (Fsp3) is 0.444. The topological polar surface area (TPSA) is 206 Å². The van der Waals surface area contributed by atoms with E-state index in [1.165, 1.54) is 25.3 Å². The van der Waals surface area contributed by atoms with Crippen LogP contribution in [0.1, 0.15) is 68.8 Å². The molecule has 0 spiro atoms. The minimum atomic E-state index is -2.24. The molecule has 40 heavy (non-hydrogen) atoms. The monoisotopic (exact) mass is 753 g/mol. The van der Waals surface area contributed by atoms with Crippen LogP contribution in [0, 0.1) is 0 Å². The number of phenolic OH excluding ortho intramolecular Hbond substituents is 2. The molecule has 1 fully saturated rings. The van der Waals surface area contributed by atoms with Crippen LogP contribution < -0.4 is 10.5 Å². The zero-order valence-electron chi connectivity index (χ0n) is 21.9. The molecule has 0 unspecified atom stereocenters. The van der Waals surface area contributed by atoms with Crippen molar-refractivity contribution in [2.24, 2.45) is 5.73 Å². The quantitative estimate of drug-likeness (QED) is 0.138. The number of aliphatic hydroxyl groups is 3. The van der Waals surface area contributed by atoms with E-state index >= 15 is 0 Å². The third-order valence-electron chi connectivity index (χ3n) is 7.81. The Labute approximate surface area is 248 Å². The standard InChI is InChI=1S/C27H29NO11.Pb.2H/c1-10-22(31)13(28)6-17(38-10)39-15-8-27(36,16(30)9-29)7-12-19(15)26(35)21-20(24(12)33)23(32)11-4-3-5-14(37-2)18(11)25(21)34;;;/h3-5,10,13,15,17,22,29,31,33,35-36H,6-9,28H2,1-2H3;;;/t10-,13-,15-,17-,22-,27-;;;/m0.../s1. The van der Waals surface area contributed by atoms with E-state index in [0.717, 1.165) is 0 Å². The van der Waals surface area contributed by atoms with Gasteiger partial charge >= 0.3 is 27.3 Å². The van der Waals surface area contributed by atoms with E-state index in [9.17, 15) is 39.9 Å². The summed E-state index contributed by atoms with van der Waals surface area (Å²) in [6.45, 7) is 0.560. The van der Waals surface area contributed by atoms with Gasteiger partial charge in [0.05, 0.1) is 42.1 Å². The number of hydrogen-bond donors (Lipinski definition) is 6. The average Bonchev–Trinajstić information content (AvgIpc) is 2.90. The molecule has 13 heteroatoms. The Morgan fingerprint density at radius 3 is 2.45 bits per heavy atom. The maximum absolute atomic E-state index is 13.6. The number of hydrogen-bond acceptors (Lipinski definition) is 12. The predicted molar refractivity (Wildman–Crippen MR) is 140 cm³/mol. The molecule has 0 saturated carbocycles. The molecule has 7 N–H and O–H groups in total. The van der Waals surface area contributed by atoms with Gasteiger partial charge in [-0.15, -0.1) is 0 Å². The first-order chi connectivity index (χ1) is 18.4. The van der Waals surface area contributed by atoms with Gasteiger partial charge in [-0.3, -0.25) is 14.4 Å². The van der Waals surface area contributed by atoms with Crippen molar-refractivity contribution in [3.05, 3.63) is 51.6 Å². The van der Waals surface area contributed by atoms with Crippen molar-refractivity contribution in [1.82, 2.24) is 0 Å². The Kier molecular flexibility index (Phi) is 8.44. The minimum absolute atomic E-state index is 0. The van der Waals surface area contributed by atoms with Crippen LogP contribution in [0.4, 0.5) is 0 Å². The Balaban J connectivity index is 0.00000370. The van der Waals surface area contributed by atoms with Gasteiger partial charge in [-0.2, -0.15) is 0 Å². The van der Waals surface area contributed by atoms with Gasteiger partial charge in [-0.1, -0.05) is 12.1 Å². The van der Waals surface area contributed by atoms with E-state index < -0.39 is 95.7 Å². The summed E-state index contributed by atoms with van der Waals surface area (Å²) in [5.74, 6) is -3.77. The second-order valence-corrected chi connectivity index (χ2v) is 10.2. The van der Waals surface area contributed by atoms with Crippen molar-refractivity contribution in [3.63, 3.8) is 0 Å². The molecule has 2 aromatic rings. The van der Waals surface area contributed by atoms with Crippen LogP contribution in [0.2, 0.25) is 0 Å². The second-order valence-electron chi connectivity index (χ2n) is 10.2. The normalized spacial score (nSPS) is 29.1. The van der Waals surface area contributed by atoms with E-state index in [2.05, 4.69) is 0 Å². The molecule has 6 atom stereocenters. The number of Topliss-reactive ketones (excluding diaryl/α,β-unsaturated/α-hetero) is 1. The van der Waals surface area contributed by atoms with Crippen molar-refractivity contribution in [2.45, 2.75) is 62.4 Å². The molecule has 2 aromatic carbocycles. The first-order valence-corrected chi connectivity index (χ1v) is 12.4. The fourth-order valence-electron chi connectivity index (χ4n) is 5.75. The summed E-state index contributed by atoms with van der Waals surface area (Å²) >= 11 is 0. The summed E-state index contributed by atoms with van der Waals surface area (Å²) in [6.07, 6.45) is -5.12. The number of benzene rings is 2. The van der Waals surface area contributed by atoms with Gasteiger partial charge in [0.1, 0.15) is 29.5 Å². The Morgan fingerprint density at radius 2 is 1.82 bits per heavy atom. The number of phenols is 2. The van der Waals surface area contributed by atoms with E-state index in [0.29, 0.717) is 0 Å². The zero-order valence-corrected chi connectivity index (χ0v) is 27.4. The van der Waals surface area contributed by atoms with Crippen LogP contribution in [0.3, 0.4) is 0 Å². The van der Waals surface area contributed by atoms with Crippen LogP contribution in [0.25, 0.3) is 0 Å². The number of methoxy groups -OCH3 is 1. The third-order valence-corrected chi connectivity index (χ3v) is 7.81. The molecule has 0 aromatic heterocycles. The number of aromatic hydroxyl groups is 2. The third kappa shape index (κ3) is 4.64. The van der Waals surface area contributed by atoms with Crippen molar-refractivity contribution >= 4 is 44.6 Å². The van der Waals surface area contributed by atoms with Crippen LogP contribution in [-0.4, -0.2) is 114 Å². The zero-order chi connectivity index (χ0) is 28.4. The van der Waals surface area contributed by atoms with Crippen LogP contribution in [-0.2, 0) is 20.7 Å². The fourth-order valence-corrected chi connectivity index (χ4v) is 5.75. The Morgan fingerprint density at radius 1 is 1.15 bits per heavy atom. The van der Waals surface area contributed by atoms with E-state index in [4.69, 9.17) is 19.9 Å². The number of rotatable bonds is 5. The van der Waals surface area contributed by atoms with Crippen molar-refractivity contribution in [3.8, 4) is 17.2 Å². The van der Waals surface area contributed by atoms with Crippen molar-refractivity contribution in [1.29, 1.82) is 0 Å². The van der Waals surface area contributed by atoms with Gasteiger partial charge in [-0.05, 0) is 13.0 Å². The predicted octanol–water partition coefficient (Wildman–Crippen LogP) is -0.915. The molecular weight excluding hydrogens is 721 g/mol. The van der Waals surface area contributed by atoms with Crippen LogP contribution in [0.15, 0.2) is 18.2 Å². The van der Waals surface area contributed by atoms with Crippen LogP contribution in [0.5, 0.6) is 17.2 Å². The molecule has 1 heterocycles. The first kappa shape index (κ1) is 30.5. The molecule has 5 rings (SSSR count). The summed E-state index contributed by atoms with van der Waals surface area (Å²) in [6, 6.07) is 3.64. The van der Waals surface area contributed by atoms with E-state index in [-0.39, 0.29) is 61.7 Å². The van der Waals surface area contributed by atoms with Gasteiger partial charge in [-0.25, -0.2) is 0 Å². The molecule has 0 amide bonds. The molecular formula is C27H31NO11Pb. The molecule has 214 valence electrons.